The van der Waals surface area contributed by atoms with Crippen molar-refractivity contribution < 1.29 is 14.4 Å². The zero-order valence-electron chi connectivity index (χ0n) is 10.0. The van der Waals surface area contributed by atoms with Gasteiger partial charge in [-0.15, -0.1) is 0 Å². The van der Waals surface area contributed by atoms with Gasteiger partial charge in [0.15, 0.2) is 5.65 Å². The summed E-state index contributed by atoms with van der Waals surface area (Å²) in [6.07, 6.45) is 2.87. The number of nitrogens with zero attached hydrogens (tertiary/aromatic N) is 3. The number of hydrogen-bond donors (Lipinski definition) is 2. The molecule has 2 N–H and O–H groups in total. The van der Waals surface area contributed by atoms with E-state index in [0.29, 0.717) is 16.7 Å². The first-order valence-electron chi connectivity index (χ1n) is 5.71. The number of hydrogen-bond acceptors (Lipinski definition) is 4. The molecule has 0 bridgehead atoms. The standard InChI is InChI=1S/C12H8BClFN3O2/c14-7-3-8(15)5-9(4-7)18-12-10(6-17-18)11(13(19)20)1-2-16-12/h1-6,19-20H. The van der Waals surface area contributed by atoms with E-state index in [4.69, 9.17) is 11.6 Å². The second-order valence-electron chi connectivity index (χ2n) is 4.20. The SMILES string of the molecule is OB(O)c1ccnc2c1cnn2-c1cc(F)cc(Cl)c1. The van der Waals surface area contributed by atoms with Crippen LogP contribution in [0.3, 0.4) is 0 Å². The first kappa shape index (κ1) is 13.0. The molecule has 8 heteroatoms. The Morgan fingerprint density at radius 3 is 2.75 bits per heavy atom. The maximum absolute atomic E-state index is 13.4. The zero-order valence-corrected chi connectivity index (χ0v) is 10.8. The van der Waals surface area contributed by atoms with Gasteiger partial charge in [-0.2, -0.15) is 5.10 Å². The summed E-state index contributed by atoms with van der Waals surface area (Å²) in [5.74, 6) is -0.491. The monoisotopic (exact) mass is 291 g/mol. The minimum Gasteiger partial charge on any atom is -0.423 e. The van der Waals surface area contributed by atoms with Crippen LogP contribution in [0.4, 0.5) is 4.39 Å². The highest BCUT2D eigenvalue weighted by atomic mass is 35.5. The highest BCUT2D eigenvalue weighted by Crippen LogP contribution is 2.20. The number of pyridine rings is 1. The summed E-state index contributed by atoms with van der Waals surface area (Å²) in [6, 6.07) is 5.48. The Balaban J connectivity index is 2.25. The van der Waals surface area contributed by atoms with E-state index in [9.17, 15) is 14.4 Å². The second-order valence-corrected chi connectivity index (χ2v) is 4.63. The van der Waals surface area contributed by atoms with Crippen molar-refractivity contribution in [2.75, 3.05) is 0 Å². The van der Waals surface area contributed by atoms with Crippen LogP contribution in [-0.4, -0.2) is 31.9 Å². The molecule has 0 aliphatic carbocycles. The molecular formula is C12H8BClFN3O2. The molecule has 2 aromatic heterocycles. The summed E-state index contributed by atoms with van der Waals surface area (Å²) in [5.41, 5.74) is 1.07. The van der Waals surface area contributed by atoms with E-state index in [1.54, 1.807) is 6.07 Å². The third kappa shape index (κ3) is 2.16. The Morgan fingerprint density at radius 1 is 1.25 bits per heavy atom. The molecule has 2 heterocycles. The third-order valence-electron chi connectivity index (χ3n) is 2.88. The van der Waals surface area contributed by atoms with Crippen LogP contribution in [0.1, 0.15) is 0 Å². The average molecular weight is 291 g/mol. The van der Waals surface area contributed by atoms with Crippen molar-refractivity contribution in [3.63, 3.8) is 0 Å². The molecule has 0 amide bonds. The topological polar surface area (TPSA) is 71.2 Å². The Morgan fingerprint density at radius 2 is 2.05 bits per heavy atom. The van der Waals surface area contributed by atoms with Gasteiger partial charge in [-0.25, -0.2) is 14.1 Å². The summed E-state index contributed by atoms with van der Waals surface area (Å²) < 4.78 is 14.8. The maximum Gasteiger partial charge on any atom is 0.489 e. The fourth-order valence-corrected chi connectivity index (χ4v) is 2.24. The lowest BCUT2D eigenvalue weighted by atomic mass is 9.79. The summed E-state index contributed by atoms with van der Waals surface area (Å²) in [6.45, 7) is 0. The van der Waals surface area contributed by atoms with Gasteiger partial charge in [0.2, 0.25) is 0 Å². The summed E-state index contributed by atoms with van der Waals surface area (Å²) >= 11 is 5.82. The third-order valence-corrected chi connectivity index (χ3v) is 3.09. The number of fused-ring (bicyclic) bond motifs is 1. The smallest absolute Gasteiger partial charge is 0.423 e. The molecular weight excluding hydrogens is 283 g/mol. The average Bonchev–Trinajstić information content (AvgIpc) is 2.80. The quantitative estimate of drug-likeness (QED) is 0.688. The van der Waals surface area contributed by atoms with Crippen LogP contribution in [0.15, 0.2) is 36.7 Å². The molecule has 3 aromatic rings. The van der Waals surface area contributed by atoms with Crippen molar-refractivity contribution in [3.05, 3.63) is 47.5 Å². The van der Waals surface area contributed by atoms with Crippen molar-refractivity contribution in [1.29, 1.82) is 0 Å². The molecule has 0 spiro atoms. The van der Waals surface area contributed by atoms with E-state index in [1.165, 1.54) is 35.3 Å². The minimum atomic E-state index is -1.63. The van der Waals surface area contributed by atoms with Gasteiger partial charge in [0.05, 0.1) is 11.9 Å². The van der Waals surface area contributed by atoms with Crippen molar-refractivity contribution in [3.8, 4) is 5.69 Å². The van der Waals surface area contributed by atoms with Crippen LogP contribution in [0, 0.1) is 5.82 Å². The molecule has 0 aliphatic heterocycles. The number of rotatable bonds is 2. The molecule has 20 heavy (non-hydrogen) atoms. The van der Waals surface area contributed by atoms with Gasteiger partial charge in [-0.1, -0.05) is 11.6 Å². The summed E-state index contributed by atoms with van der Waals surface area (Å²) in [7, 11) is -1.63. The lowest BCUT2D eigenvalue weighted by molar-refractivity contribution is 0.426. The molecule has 0 radical (unpaired) electrons. The lowest BCUT2D eigenvalue weighted by Crippen LogP contribution is -2.30. The highest BCUT2D eigenvalue weighted by Gasteiger charge is 2.18. The van der Waals surface area contributed by atoms with E-state index in [1.807, 2.05) is 0 Å². The normalized spacial score (nSPS) is 11.0. The zero-order chi connectivity index (χ0) is 14.3. The predicted octanol–water partition coefficient (Wildman–Crippen LogP) is 0.893. The molecule has 0 fully saturated rings. The number of aromatic nitrogens is 3. The van der Waals surface area contributed by atoms with Crippen LogP contribution >= 0.6 is 11.6 Å². The number of benzene rings is 1. The van der Waals surface area contributed by atoms with E-state index in [0.717, 1.165) is 0 Å². The van der Waals surface area contributed by atoms with Crippen LogP contribution < -0.4 is 5.46 Å². The molecule has 3 rings (SSSR count). The van der Waals surface area contributed by atoms with Crippen LogP contribution in [-0.2, 0) is 0 Å². The Labute approximate surface area is 118 Å². The van der Waals surface area contributed by atoms with Gasteiger partial charge >= 0.3 is 7.12 Å². The van der Waals surface area contributed by atoms with Gasteiger partial charge in [-0.3, -0.25) is 0 Å². The molecule has 0 saturated heterocycles. The van der Waals surface area contributed by atoms with Gasteiger partial charge in [0.25, 0.3) is 0 Å². The summed E-state index contributed by atoms with van der Waals surface area (Å²) in [4.78, 5) is 4.13. The van der Waals surface area contributed by atoms with Crippen LogP contribution in [0.25, 0.3) is 16.7 Å². The van der Waals surface area contributed by atoms with Crippen molar-refractivity contribution in [1.82, 2.24) is 14.8 Å². The molecule has 0 atom stereocenters. The Hall–Kier alpha value is -1.96. The van der Waals surface area contributed by atoms with Gasteiger partial charge < -0.3 is 10.0 Å². The van der Waals surface area contributed by atoms with Crippen molar-refractivity contribution in [2.45, 2.75) is 0 Å². The molecule has 5 nitrogen and oxygen atoms in total. The van der Waals surface area contributed by atoms with E-state index < -0.39 is 12.9 Å². The fourth-order valence-electron chi connectivity index (χ4n) is 2.02. The molecule has 100 valence electrons. The molecule has 0 aliphatic rings. The lowest BCUT2D eigenvalue weighted by Gasteiger charge is -2.05. The maximum atomic E-state index is 13.4. The van der Waals surface area contributed by atoms with Crippen LogP contribution in [0.5, 0.6) is 0 Å². The first-order valence-corrected chi connectivity index (χ1v) is 6.09. The van der Waals surface area contributed by atoms with Crippen molar-refractivity contribution in [2.24, 2.45) is 0 Å². The van der Waals surface area contributed by atoms with E-state index in [2.05, 4.69) is 10.1 Å². The van der Waals surface area contributed by atoms with Gasteiger partial charge in [-0.05, 0) is 29.7 Å². The first-order chi connectivity index (χ1) is 9.56. The largest absolute Gasteiger partial charge is 0.489 e. The molecule has 1 aromatic carbocycles. The van der Waals surface area contributed by atoms with E-state index >= 15 is 0 Å². The Kier molecular flexibility index (Phi) is 3.17. The van der Waals surface area contributed by atoms with Crippen LogP contribution in [0.2, 0.25) is 5.02 Å². The molecule has 0 saturated carbocycles. The molecule has 0 unspecified atom stereocenters. The highest BCUT2D eigenvalue weighted by molar-refractivity contribution is 6.61. The minimum absolute atomic E-state index is 0.238. The predicted molar refractivity (Wildman–Crippen MR) is 73.7 cm³/mol. The van der Waals surface area contributed by atoms with E-state index in [-0.39, 0.29) is 10.5 Å². The van der Waals surface area contributed by atoms with Crippen molar-refractivity contribution >= 4 is 35.2 Å². The van der Waals surface area contributed by atoms with Gasteiger partial charge in [0, 0.05) is 16.6 Å². The fraction of sp³-hybridized carbons (Fsp3) is 0. The second kappa shape index (κ2) is 4.86. The van der Waals surface area contributed by atoms with Gasteiger partial charge in [0.1, 0.15) is 5.82 Å². The Bertz CT molecular complexity index is 773. The summed E-state index contributed by atoms with van der Waals surface area (Å²) in [5, 5.41) is 23.4. The number of halogens is 2.